The number of benzene rings is 1. The number of rotatable bonds is 5. The summed E-state index contributed by atoms with van der Waals surface area (Å²) in [6, 6.07) is 6.95. The van der Waals surface area contributed by atoms with Crippen molar-refractivity contribution in [3.05, 3.63) is 29.8 Å². The topological polar surface area (TPSA) is 77.9 Å². The Labute approximate surface area is 137 Å². The van der Waals surface area contributed by atoms with Crippen molar-refractivity contribution in [1.29, 1.82) is 0 Å². The molecule has 1 amide bonds. The highest BCUT2D eigenvalue weighted by molar-refractivity contribution is 7.89. The summed E-state index contributed by atoms with van der Waals surface area (Å²) < 4.78 is 25.2. The maximum atomic E-state index is 12.5. The molecule has 0 saturated carbocycles. The van der Waals surface area contributed by atoms with Gasteiger partial charge in [0, 0.05) is 38.2 Å². The average Bonchev–Trinajstić information content (AvgIpc) is 2.56. The minimum atomic E-state index is -3.17. The summed E-state index contributed by atoms with van der Waals surface area (Å²) in [6.07, 6.45) is 1.09. The van der Waals surface area contributed by atoms with E-state index < -0.39 is 10.0 Å². The number of piperidine rings is 1. The first-order valence-electron chi connectivity index (χ1n) is 7.84. The quantitative estimate of drug-likeness (QED) is 0.879. The predicted molar refractivity (Wildman–Crippen MR) is 88.3 cm³/mol. The molecule has 1 saturated heterocycles. The number of aromatic hydroxyl groups is 1. The molecular weight excluding hydrogens is 316 g/mol. The zero-order valence-corrected chi connectivity index (χ0v) is 14.4. The number of carbonyl (C=O) groups is 1. The summed E-state index contributed by atoms with van der Waals surface area (Å²) in [5.74, 6) is 0.116. The van der Waals surface area contributed by atoms with Crippen molar-refractivity contribution in [2.24, 2.45) is 5.92 Å². The monoisotopic (exact) mass is 340 g/mol. The van der Waals surface area contributed by atoms with Gasteiger partial charge in [-0.3, -0.25) is 4.79 Å². The fraction of sp³-hybridized carbons (Fsp3) is 0.562. The lowest BCUT2D eigenvalue weighted by molar-refractivity contribution is -0.135. The zero-order valence-electron chi connectivity index (χ0n) is 13.6. The molecular formula is C16H24N2O4S. The molecule has 6 nitrogen and oxygen atoms in total. The van der Waals surface area contributed by atoms with Crippen molar-refractivity contribution in [2.45, 2.75) is 26.3 Å². The number of para-hydroxylation sites is 1. The fourth-order valence-electron chi connectivity index (χ4n) is 2.85. The van der Waals surface area contributed by atoms with Crippen molar-refractivity contribution in [2.75, 3.05) is 25.9 Å². The Hall–Kier alpha value is -1.60. The highest BCUT2D eigenvalue weighted by Gasteiger charge is 2.31. The second kappa shape index (κ2) is 7.31. The van der Waals surface area contributed by atoms with Crippen LogP contribution in [0, 0.1) is 5.92 Å². The minimum Gasteiger partial charge on any atom is -0.508 e. The molecule has 1 aliphatic rings. The van der Waals surface area contributed by atoms with Gasteiger partial charge in [-0.25, -0.2) is 12.7 Å². The van der Waals surface area contributed by atoms with Crippen molar-refractivity contribution >= 4 is 15.9 Å². The Bertz CT molecular complexity index is 652. The van der Waals surface area contributed by atoms with Crippen molar-refractivity contribution in [3.8, 4) is 5.75 Å². The molecule has 1 aromatic carbocycles. The first-order chi connectivity index (χ1) is 10.8. The summed E-state index contributed by atoms with van der Waals surface area (Å²) in [5, 5.41) is 9.79. The minimum absolute atomic E-state index is 0.00167. The van der Waals surface area contributed by atoms with Crippen LogP contribution in [-0.4, -0.2) is 54.5 Å². The van der Waals surface area contributed by atoms with Gasteiger partial charge in [-0.05, 0) is 25.8 Å². The normalized spacial score (nSPS) is 17.1. The van der Waals surface area contributed by atoms with Crippen LogP contribution in [0.3, 0.4) is 0 Å². The Morgan fingerprint density at radius 2 is 1.91 bits per heavy atom. The number of nitrogens with zero attached hydrogens (tertiary/aromatic N) is 2. The molecule has 0 atom stereocenters. The van der Waals surface area contributed by atoms with Crippen LogP contribution >= 0.6 is 0 Å². The van der Waals surface area contributed by atoms with Crippen LogP contribution in [0.2, 0.25) is 0 Å². The van der Waals surface area contributed by atoms with E-state index in [2.05, 4.69) is 0 Å². The molecule has 1 heterocycles. The maximum Gasteiger partial charge on any atom is 0.225 e. The second-order valence-electron chi connectivity index (χ2n) is 5.90. The van der Waals surface area contributed by atoms with E-state index in [1.54, 1.807) is 37.1 Å². The molecule has 0 bridgehead atoms. The summed E-state index contributed by atoms with van der Waals surface area (Å²) in [7, 11) is -1.46. The summed E-state index contributed by atoms with van der Waals surface area (Å²) in [4.78, 5) is 14.1. The van der Waals surface area contributed by atoms with Gasteiger partial charge in [0.2, 0.25) is 15.9 Å². The number of amides is 1. The van der Waals surface area contributed by atoms with Gasteiger partial charge in [0.05, 0.1) is 5.75 Å². The Morgan fingerprint density at radius 1 is 1.30 bits per heavy atom. The number of carbonyl (C=O) groups excluding carboxylic acids is 1. The molecule has 23 heavy (non-hydrogen) atoms. The van der Waals surface area contributed by atoms with Crippen LogP contribution < -0.4 is 0 Å². The van der Waals surface area contributed by atoms with Gasteiger partial charge in [-0.15, -0.1) is 0 Å². The van der Waals surface area contributed by atoms with Gasteiger partial charge < -0.3 is 10.0 Å². The molecule has 1 fully saturated rings. The Morgan fingerprint density at radius 3 is 2.48 bits per heavy atom. The third-order valence-electron chi connectivity index (χ3n) is 4.34. The average molecular weight is 340 g/mol. The van der Waals surface area contributed by atoms with Crippen LogP contribution in [0.25, 0.3) is 0 Å². The van der Waals surface area contributed by atoms with Crippen molar-refractivity contribution in [1.82, 2.24) is 9.21 Å². The van der Waals surface area contributed by atoms with E-state index in [9.17, 15) is 18.3 Å². The third-order valence-corrected chi connectivity index (χ3v) is 6.22. The van der Waals surface area contributed by atoms with Crippen LogP contribution in [0.5, 0.6) is 5.75 Å². The second-order valence-corrected chi connectivity index (χ2v) is 8.15. The van der Waals surface area contributed by atoms with Gasteiger partial charge in [0.1, 0.15) is 5.75 Å². The number of hydrogen-bond donors (Lipinski definition) is 1. The molecule has 128 valence electrons. The van der Waals surface area contributed by atoms with Gasteiger partial charge in [-0.1, -0.05) is 18.2 Å². The molecule has 0 spiro atoms. The summed E-state index contributed by atoms with van der Waals surface area (Å²) in [6.45, 7) is 2.78. The SMILES string of the molecule is CCS(=O)(=O)N1CCC(C(=O)N(C)Cc2ccccc2O)CC1. The first-order valence-corrected chi connectivity index (χ1v) is 9.45. The van der Waals surface area contributed by atoms with E-state index in [1.807, 2.05) is 6.07 Å². The lowest BCUT2D eigenvalue weighted by Crippen LogP contribution is -2.43. The maximum absolute atomic E-state index is 12.5. The molecule has 1 aromatic rings. The van der Waals surface area contributed by atoms with Crippen LogP contribution in [-0.2, 0) is 21.4 Å². The molecule has 0 aliphatic carbocycles. The largest absolute Gasteiger partial charge is 0.508 e. The lowest BCUT2D eigenvalue weighted by atomic mass is 9.96. The first kappa shape index (κ1) is 17.7. The van der Waals surface area contributed by atoms with E-state index in [0.717, 1.165) is 0 Å². The molecule has 1 aliphatic heterocycles. The van der Waals surface area contributed by atoms with Gasteiger partial charge in [0.25, 0.3) is 0 Å². The molecule has 0 aromatic heterocycles. The molecule has 7 heteroatoms. The van der Waals surface area contributed by atoms with E-state index in [0.29, 0.717) is 38.0 Å². The highest BCUT2D eigenvalue weighted by atomic mass is 32.2. The number of hydrogen-bond acceptors (Lipinski definition) is 4. The Balaban J connectivity index is 1.93. The molecule has 0 radical (unpaired) electrons. The van der Waals surface area contributed by atoms with E-state index in [4.69, 9.17) is 0 Å². The van der Waals surface area contributed by atoms with Crippen molar-refractivity contribution < 1.29 is 18.3 Å². The van der Waals surface area contributed by atoms with Crippen LogP contribution in [0.15, 0.2) is 24.3 Å². The molecule has 0 unspecified atom stereocenters. The number of sulfonamides is 1. The zero-order chi connectivity index (χ0) is 17.0. The van der Waals surface area contributed by atoms with Gasteiger partial charge >= 0.3 is 0 Å². The fourth-order valence-corrected chi connectivity index (χ4v) is 3.99. The van der Waals surface area contributed by atoms with Crippen LogP contribution in [0.1, 0.15) is 25.3 Å². The smallest absolute Gasteiger partial charge is 0.225 e. The molecule has 2 rings (SSSR count). The summed E-state index contributed by atoms with van der Waals surface area (Å²) >= 11 is 0. The van der Waals surface area contributed by atoms with Gasteiger partial charge in [-0.2, -0.15) is 0 Å². The number of phenolic OH excluding ortho intramolecular Hbond substituents is 1. The Kier molecular flexibility index (Phi) is 5.64. The molecule has 1 N–H and O–H groups in total. The van der Waals surface area contributed by atoms with Gasteiger partial charge in [0.15, 0.2) is 0 Å². The standard InChI is InChI=1S/C16H24N2O4S/c1-3-23(21,22)18-10-8-13(9-11-18)16(20)17(2)12-14-6-4-5-7-15(14)19/h4-7,13,19H,3,8-12H2,1-2H3. The lowest BCUT2D eigenvalue weighted by Gasteiger charge is -2.32. The number of phenols is 1. The van der Waals surface area contributed by atoms with E-state index in [-0.39, 0.29) is 23.3 Å². The highest BCUT2D eigenvalue weighted by Crippen LogP contribution is 2.23. The third kappa shape index (κ3) is 4.23. The van der Waals surface area contributed by atoms with E-state index >= 15 is 0 Å². The summed E-state index contributed by atoms with van der Waals surface area (Å²) in [5.41, 5.74) is 0.703. The van der Waals surface area contributed by atoms with E-state index in [1.165, 1.54) is 4.31 Å². The van der Waals surface area contributed by atoms with Crippen molar-refractivity contribution in [3.63, 3.8) is 0 Å². The van der Waals surface area contributed by atoms with Crippen LogP contribution in [0.4, 0.5) is 0 Å². The predicted octanol–water partition coefficient (Wildman–Crippen LogP) is 1.41.